The summed E-state index contributed by atoms with van der Waals surface area (Å²) in [5.74, 6) is -0.872. The van der Waals surface area contributed by atoms with E-state index < -0.39 is 17.7 Å². The van der Waals surface area contributed by atoms with Crippen LogP contribution < -0.4 is 4.74 Å². The first-order valence-electron chi connectivity index (χ1n) is 12.1. The lowest BCUT2D eigenvalue weighted by molar-refractivity contribution is -0.140. The van der Waals surface area contributed by atoms with E-state index in [0.717, 1.165) is 24.0 Å². The van der Waals surface area contributed by atoms with Gasteiger partial charge in [0.1, 0.15) is 18.1 Å². The maximum Gasteiger partial charge on any atom is 0.295 e. The molecule has 6 nitrogen and oxygen atoms in total. The Hall–Kier alpha value is -3.38. The number of aliphatic hydroxyl groups excluding tert-OH is 1. The first kappa shape index (κ1) is 24.7. The summed E-state index contributed by atoms with van der Waals surface area (Å²) in [6.07, 6.45) is 3.30. The summed E-state index contributed by atoms with van der Waals surface area (Å²) < 4.78 is 11.3. The van der Waals surface area contributed by atoms with Crippen LogP contribution in [-0.2, 0) is 19.7 Å². The molecule has 0 unspecified atom stereocenters. The number of ether oxygens (including phenoxy) is 2. The zero-order valence-corrected chi connectivity index (χ0v) is 20.6. The van der Waals surface area contributed by atoms with Gasteiger partial charge in [0.2, 0.25) is 0 Å². The monoisotopic (exact) mass is 475 g/mol. The Morgan fingerprint density at radius 1 is 1.14 bits per heavy atom. The smallest absolute Gasteiger partial charge is 0.295 e. The SMILES string of the molecule is C=CCOc1ccc(C(O)=C2C(=O)C(=O)N(C[C@@H]3CCCO3)[C@H]2c2ccc(C(C)(C)C)cc2)cc1. The third-order valence-electron chi connectivity index (χ3n) is 6.55. The number of nitrogens with zero attached hydrogens (tertiary/aromatic N) is 1. The van der Waals surface area contributed by atoms with Gasteiger partial charge in [0.05, 0.1) is 17.7 Å². The molecule has 2 aromatic carbocycles. The van der Waals surface area contributed by atoms with Crippen molar-refractivity contribution < 1.29 is 24.2 Å². The first-order chi connectivity index (χ1) is 16.7. The maximum atomic E-state index is 13.2. The third kappa shape index (κ3) is 5.17. The van der Waals surface area contributed by atoms with Crippen LogP contribution in [0.25, 0.3) is 5.76 Å². The zero-order valence-electron chi connectivity index (χ0n) is 20.6. The predicted molar refractivity (Wildman–Crippen MR) is 135 cm³/mol. The third-order valence-corrected chi connectivity index (χ3v) is 6.55. The van der Waals surface area contributed by atoms with Gasteiger partial charge in [-0.05, 0) is 53.6 Å². The van der Waals surface area contributed by atoms with Crippen molar-refractivity contribution in [2.24, 2.45) is 0 Å². The minimum Gasteiger partial charge on any atom is -0.507 e. The van der Waals surface area contributed by atoms with Crippen molar-refractivity contribution >= 4 is 17.4 Å². The summed E-state index contributed by atoms with van der Waals surface area (Å²) in [4.78, 5) is 28.0. The molecule has 35 heavy (non-hydrogen) atoms. The van der Waals surface area contributed by atoms with Gasteiger partial charge in [0.15, 0.2) is 0 Å². The Balaban J connectivity index is 1.76. The van der Waals surface area contributed by atoms with E-state index in [4.69, 9.17) is 9.47 Å². The second-order valence-corrected chi connectivity index (χ2v) is 10.1. The molecule has 184 valence electrons. The number of carbonyl (C=O) groups is 2. The molecule has 2 fully saturated rings. The van der Waals surface area contributed by atoms with Crippen LogP contribution in [0.3, 0.4) is 0 Å². The van der Waals surface area contributed by atoms with E-state index in [-0.39, 0.29) is 22.9 Å². The fourth-order valence-electron chi connectivity index (χ4n) is 4.61. The van der Waals surface area contributed by atoms with E-state index in [1.807, 2.05) is 24.3 Å². The highest BCUT2D eigenvalue weighted by atomic mass is 16.5. The average molecular weight is 476 g/mol. The summed E-state index contributed by atoms with van der Waals surface area (Å²) in [5, 5.41) is 11.3. The Bertz CT molecular complexity index is 1120. The first-order valence-corrected chi connectivity index (χ1v) is 12.1. The zero-order chi connectivity index (χ0) is 25.2. The molecule has 1 N–H and O–H groups in total. The standard InChI is InChI=1S/C29H33NO5/c1-5-16-34-22-14-10-20(11-15-22)26(31)24-25(19-8-12-21(13-9-19)29(2,3)4)30(28(33)27(24)32)18-23-7-6-17-35-23/h5,8-15,23,25,31H,1,6-7,16-18H2,2-4H3/t23-,25-/m0/s1. The van der Waals surface area contributed by atoms with Gasteiger partial charge in [-0.25, -0.2) is 0 Å². The van der Waals surface area contributed by atoms with Crippen LogP contribution >= 0.6 is 0 Å². The van der Waals surface area contributed by atoms with Gasteiger partial charge in [-0.2, -0.15) is 0 Å². The molecule has 2 aromatic rings. The predicted octanol–water partition coefficient (Wildman–Crippen LogP) is 5.15. The Labute approximate surface area is 206 Å². The van der Waals surface area contributed by atoms with E-state index in [0.29, 0.717) is 31.1 Å². The molecule has 0 radical (unpaired) electrons. The van der Waals surface area contributed by atoms with Crippen LogP contribution in [0.4, 0.5) is 0 Å². The van der Waals surface area contributed by atoms with E-state index in [1.165, 1.54) is 0 Å². The number of ketones is 1. The minimum absolute atomic E-state index is 0.0343. The highest BCUT2D eigenvalue weighted by Gasteiger charge is 2.47. The lowest BCUT2D eigenvalue weighted by Crippen LogP contribution is -2.36. The van der Waals surface area contributed by atoms with Gasteiger partial charge in [-0.1, -0.05) is 57.7 Å². The maximum absolute atomic E-state index is 13.2. The topological polar surface area (TPSA) is 76.1 Å². The van der Waals surface area contributed by atoms with E-state index in [2.05, 4.69) is 27.4 Å². The minimum atomic E-state index is -0.690. The molecular formula is C29H33NO5. The van der Waals surface area contributed by atoms with Crippen LogP contribution in [0.2, 0.25) is 0 Å². The second kappa shape index (κ2) is 10.1. The Morgan fingerprint density at radius 3 is 2.40 bits per heavy atom. The van der Waals surface area contributed by atoms with Gasteiger partial charge in [-0.15, -0.1) is 0 Å². The molecule has 4 rings (SSSR count). The van der Waals surface area contributed by atoms with Crippen molar-refractivity contribution in [2.45, 2.75) is 51.2 Å². The van der Waals surface area contributed by atoms with Gasteiger partial charge < -0.3 is 19.5 Å². The number of Topliss-reactive ketones (excluding diaryl/α,β-unsaturated/α-hetero) is 1. The largest absolute Gasteiger partial charge is 0.507 e. The van der Waals surface area contributed by atoms with Crippen LogP contribution in [-0.4, -0.2) is 47.6 Å². The molecule has 2 atom stereocenters. The average Bonchev–Trinajstić information content (AvgIpc) is 3.44. The summed E-state index contributed by atoms with van der Waals surface area (Å²) in [6.45, 7) is 11.4. The fraction of sp³-hybridized carbons (Fsp3) is 0.379. The summed E-state index contributed by atoms with van der Waals surface area (Å²) in [7, 11) is 0. The van der Waals surface area contributed by atoms with E-state index in [9.17, 15) is 14.7 Å². The normalized spacial score (nSPS) is 22.0. The Morgan fingerprint density at radius 2 is 1.83 bits per heavy atom. The van der Waals surface area contributed by atoms with Crippen molar-refractivity contribution in [2.75, 3.05) is 19.8 Å². The number of carbonyl (C=O) groups excluding carboxylic acids is 2. The van der Waals surface area contributed by atoms with Crippen molar-refractivity contribution in [1.82, 2.24) is 4.90 Å². The van der Waals surface area contributed by atoms with Crippen LogP contribution in [0.1, 0.15) is 56.3 Å². The second-order valence-electron chi connectivity index (χ2n) is 10.1. The van der Waals surface area contributed by atoms with Crippen molar-refractivity contribution in [3.63, 3.8) is 0 Å². The number of benzene rings is 2. The van der Waals surface area contributed by atoms with Gasteiger partial charge in [0, 0.05) is 18.7 Å². The van der Waals surface area contributed by atoms with Crippen LogP contribution in [0, 0.1) is 0 Å². The molecule has 1 amide bonds. The van der Waals surface area contributed by atoms with Crippen LogP contribution in [0.15, 0.2) is 66.8 Å². The summed E-state index contributed by atoms with van der Waals surface area (Å²) in [6, 6.07) is 14.0. The van der Waals surface area contributed by atoms with Crippen LogP contribution in [0.5, 0.6) is 5.75 Å². The number of aliphatic hydroxyl groups is 1. The van der Waals surface area contributed by atoms with E-state index in [1.54, 1.807) is 35.2 Å². The lowest BCUT2D eigenvalue weighted by atomic mass is 9.85. The molecule has 2 aliphatic heterocycles. The number of hydrogen-bond acceptors (Lipinski definition) is 5. The number of amides is 1. The molecule has 2 saturated heterocycles. The molecule has 0 aromatic heterocycles. The summed E-state index contributed by atoms with van der Waals surface area (Å²) >= 11 is 0. The van der Waals surface area contributed by atoms with Gasteiger partial charge in [-0.3, -0.25) is 9.59 Å². The molecule has 0 bridgehead atoms. The molecule has 2 heterocycles. The molecule has 6 heteroatoms. The Kier molecular flexibility index (Phi) is 7.13. The quantitative estimate of drug-likeness (QED) is 0.259. The van der Waals surface area contributed by atoms with E-state index >= 15 is 0 Å². The van der Waals surface area contributed by atoms with Crippen molar-refractivity contribution in [3.05, 3.63) is 83.4 Å². The lowest BCUT2D eigenvalue weighted by Gasteiger charge is -2.28. The molecule has 0 saturated carbocycles. The highest BCUT2D eigenvalue weighted by Crippen LogP contribution is 2.40. The van der Waals surface area contributed by atoms with Crippen molar-refractivity contribution in [1.29, 1.82) is 0 Å². The highest BCUT2D eigenvalue weighted by molar-refractivity contribution is 6.46. The van der Waals surface area contributed by atoms with Crippen molar-refractivity contribution in [3.8, 4) is 5.75 Å². The van der Waals surface area contributed by atoms with Gasteiger partial charge >= 0.3 is 0 Å². The molecular weight excluding hydrogens is 442 g/mol. The number of rotatable bonds is 7. The number of hydrogen-bond donors (Lipinski definition) is 1. The van der Waals surface area contributed by atoms with Gasteiger partial charge in [0.25, 0.3) is 11.7 Å². The summed E-state index contributed by atoms with van der Waals surface area (Å²) in [5.41, 5.74) is 2.43. The molecule has 2 aliphatic rings. The molecule has 0 spiro atoms. The fourth-order valence-corrected chi connectivity index (χ4v) is 4.61. The molecule has 0 aliphatic carbocycles. The number of likely N-dealkylation sites (tertiary alicyclic amines) is 1.